The average molecular weight is 299 g/mol. The Morgan fingerprint density at radius 3 is 2.70 bits per heavy atom. The highest BCUT2D eigenvalue weighted by Crippen LogP contribution is 2.45. The fourth-order valence-corrected chi connectivity index (χ4v) is 5.28. The van der Waals surface area contributed by atoms with Gasteiger partial charge in [-0.15, -0.1) is 0 Å². The smallest absolute Gasteiger partial charge is 0.308 e. The summed E-state index contributed by atoms with van der Waals surface area (Å²) in [5.74, 6) is -2.24. The van der Waals surface area contributed by atoms with E-state index < -0.39 is 33.8 Å². The van der Waals surface area contributed by atoms with E-state index in [0.717, 1.165) is 6.07 Å². The van der Waals surface area contributed by atoms with E-state index in [-0.39, 0.29) is 10.9 Å². The lowest BCUT2D eigenvalue weighted by atomic mass is 9.89. The predicted molar refractivity (Wildman–Crippen MR) is 68.0 cm³/mol. The molecule has 5 nitrogen and oxygen atoms in total. The fraction of sp³-hybridized carbons (Fsp3) is 0.462. The van der Waals surface area contributed by atoms with Gasteiger partial charge in [-0.25, -0.2) is 12.8 Å². The van der Waals surface area contributed by atoms with E-state index >= 15 is 0 Å². The molecule has 0 spiro atoms. The Balaban J connectivity index is 1.99. The quantitative estimate of drug-likeness (QED) is 0.916. The highest BCUT2D eigenvalue weighted by atomic mass is 32.2. The monoisotopic (exact) mass is 299 g/mol. The van der Waals surface area contributed by atoms with Crippen molar-refractivity contribution < 1.29 is 22.7 Å². The Morgan fingerprint density at radius 1 is 1.35 bits per heavy atom. The molecule has 3 unspecified atom stereocenters. The molecule has 2 saturated heterocycles. The van der Waals surface area contributed by atoms with Crippen LogP contribution in [0.15, 0.2) is 29.2 Å². The first kappa shape index (κ1) is 13.5. The van der Waals surface area contributed by atoms with E-state index in [1.54, 1.807) is 0 Å². The highest BCUT2D eigenvalue weighted by Gasteiger charge is 2.54. The number of halogens is 1. The standard InChI is InChI=1S/C13H14FNO4S/c14-8-2-1-3-10(6-8)20(18,19)15-9-4-5-12(15)11(7-9)13(16)17/h1-3,6,9,11-12H,4-5,7H2,(H,16,17). The van der Waals surface area contributed by atoms with Crippen molar-refractivity contribution in [3.8, 4) is 0 Å². The number of fused-ring (bicyclic) bond motifs is 2. The summed E-state index contributed by atoms with van der Waals surface area (Å²) in [5.41, 5.74) is 0. The summed E-state index contributed by atoms with van der Waals surface area (Å²) in [4.78, 5) is 11.1. The minimum Gasteiger partial charge on any atom is -0.481 e. The second-order valence-corrected chi connectivity index (χ2v) is 7.11. The van der Waals surface area contributed by atoms with Gasteiger partial charge in [-0.1, -0.05) is 6.07 Å². The number of hydrogen-bond donors (Lipinski definition) is 1. The number of rotatable bonds is 3. The van der Waals surface area contributed by atoms with Gasteiger partial charge < -0.3 is 5.11 Å². The van der Waals surface area contributed by atoms with Gasteiger partial charge in [0.05, 0.1) is 10.8 Å². The van der Waals surface area contributed by atoms with E-state index in [1.165, 1.54) is 22.5 Å². The summed E-state index contributed by atoms with van der Waals surface area (Å²) in [5, 5.41) is 9.15. The van der Waals surface area contributed by atoms with E-state index in [1.807, 2.05) is 0 Å². The van der Waals surface area contributed by atoms with Crippen LogP contribution in [-0.2, 0) is 14.8 Å². The third-order valence-corrected chi connectivity index (χ3v) is 6.14. The zero-order chi connectivity index (χ0) is 14.5. The molecule has 20 heavy (non-hydrogen) atoms. The van der Waals surface area contributed by atoms with Crippen LogP contribution in [0.1, 0.15) is 19.3 Å². The van der Waals surface area contributed by atoms with Crippen molar-refractivity contribution >= 4 is 16.0 Å². The predicted octanol–water partition coefficient (Wildman–Crippen LogP) is 1.45. The van der Waals surface area contributed by atoms with Gasteiger partial charge in [0, 0.05) is 12.1 Å². The molecule has 2 bridgehead atoms. The Labute approximate surface area is 116 Å². The van der Waals surface area contributed by atoms with Crippen molar-refractivity contribution in [1.82, 2.24) is 4.31 Å². The summed E-state index contributed by atoms with van der Waals surface area (Å²) in [6, 6.07) is 4.04. The summed E-state index contributed by atoms with van der Waals surface area (Å²) >= 11 is 0. The van der Waals surface area contributed by atoms with Gasteiger partial charge in [0.2, 0.25) is 10.0 Å². The zero-order valence-corrected chi connectivity index (χ0v) is 11.4. The molecule has 1 N–H and O–H groups in total. The first-order valence-corrected chi connectivity index (χ1v) is 7.87. The van der Waals surface area contributed by atoms with Gasteiger partial charge >= 0.3 is 5.97 Å². The largest absolute Gasteiger partial charge is 0.481 e. The van der Waals surface area contributed by atoms with Crippen LogP contribution < -0.4 is 0 Å². The third-order valence-electron chi connectivity index (χ3n) is 4.16. The van der Waals surface area contributed by atoms with Gasteiger partial charge in [0.25, 0.3) is 0 Å². The molecule has 0 saturated carbocycles. The summed E-state index contributed by atoms with van der Waals surface area (Å²) in [6.45, 7) is 0. The van der Waals surface area contributed by atoms with Crippen LogP contribution in [0.2, 0.25) is 0 Å². The lowest BCUT2D eigenvalue weighted by Crippen LogP contribution is -2.37. The molecule has 7 heteroatoms. The van der Waals surface area contributed by atoms with Crippen molar-refractivity contribution in [3.63, 3.8) is 0 Å². The molecule has 0 radical (unpaired) electrons. The average Bonchev–Trinajstić information content (AvgIpc) is 2.96. The molecule has 0 amide bonds. The molecule has 3 rings (SSSR count). The van der Waals surface area contributed by atoms with E-state index in [4.69, 9.17) is 5.11 Å². The number of carboxylic acids is 1. The normalized spacial score (nSPS) is 29.8. The lowest BCUT2D eigenvalue weighted by Gasteiger charge is -2.22. The van der Waals surface area contributed by atoms with Crippen LogP contribution >= 0.6 is 0 Å². The van der Waals surface area contributed by atoms with E-state index in [9.17, 15) is 17.6 Å². The molecule has 1 aromatic carbocycles. The number of hydrogen-bond acceptors (Lipinski definition) is 3. The van der Waals surface area contributed by atoms with Crippen molar-refractivity contribution in [2.75, 3.05) is 0 Å². The maximum atomic E-state index is 13.2. The fourth-order valence-electron chi connectivity index (χ4n) is 3.33. The van der Waals surface area contributed by atoms with Crippen molar-refractivity contribution in [3.05, 3.63) is 30.1 Å². The molecular weight excluding hydrogens is 285 g/mol. The maximum Gasteiger partial charge on any atom is 0.308 e. The molecule has 2 heterocycles. The Kier molecular flexibility index (Phi) is 3.06. The number of benzene rings is 1. The number of nitrogens with zero attached hydrogens (tertiary/aromatic N) is 1. The summed E-state index contributed by atoms with van der Waals surface area (Å²) in [7, 11) is -3.83. The minimum atomic E-state index is -3.83. The molecule has 108 valence electrons. The Hall–Kier alpha value is -1.47. The lowest BCUT2D eigenvalue weighted by molar-refractivity contribution is -0.142. The van der Waals surface area contributed by atoms with Gasteiger partial charge in [-0.05, 0) is 37.5 Å². The molecule has 2 aliphatic rings. The molecule has 3 atom stereocenters. The summed E-state index contributed by atoms with van der Waals surface area (Å²) in [6.07, 6.45) is 1.56. The van der Waals surface area contributed by atoms with E-state index in [2.05, 4.69) is 0 Å². The second kappa shape index (κ2) is 4.53. The van der Waals surface area contributed by atoms with E-state index in [0.29, 0.717) is 19.3 Å². The van der Waals surface area contributed by atoms with Crippen LogP contribution in [0.5, 0.6) is 0 Å². The van der Waals surface area contributed by atoms with Gasteiger partial charge in [-0.2, -0.15) is 4.31 Å². The van der Waals surface area contributed by atoms with Gasteiger partial charge in [0.1, 0.15) is 5.82 Å². The second-order valence-electron chi connectivity index (χ2n) is 5.27. The molecule has 2 aliphatic heterocycles. The first-order chi connectivity index (χ1) is 9.41. The summed E-state index contributed by atoms with van der Waals surface area (Å²) < 4.78 is 39.7. The van der Waals surface area contributed by atoms with Crippen LogP contribution in [0.25, 0.3) is 0 Å². The molecule has 1 aromatic rings. The van der Waals surface area contributed by atoms with Crippen LogP contribution in [-0.4, -0.2) is 35.9 Å². The highest BCUT2D eigenvalue weighted by molar-refractivity contribution is 7.89. The van der Waals surface area contributed by atoms with Crippen molar-refractivity contribution in [2.24, 2.45) is 5.92 Å². The van der Waals surface area contributed by atoms with Gasteiger partial charge in [0.15, 0.2) is 0 Å². The number of sulfonamides is 1. The Morgan fingerprint density at radius 2 is 2.10 bits per heavy atom. The van der Waals surface area contributed by atoms with Crippen LogP contribution in [0.3, 0.4) is 0 Å². The molecule has 2 fully saturated rings. The maximum absolute atomic E-state index is 13.2. The number of carbonyl (C=O) groups is 1. The minimum absolute atomic E-state index is 0.111. The Bertz CT molecular complexity index is 660. The molecule has 0 aromatic heterocycles. The van der Waals surface area contributed by atoms with Gasteiger partial charge in [-0.3, -0.25) is 4.79 Å². The molecular formula is C13H14FNO4S. The van der Waals surface area contributed by atoms with Crippen molar-refractivity contribution in [1.29, 1.82) is 0 Å². The van der Waals surface area contributed by atoms with Crippen molar-refractivity contribution in [2.45, 2.75) is 36.2 Å². The molecule has 0 aliphatic carbocycles. The topological polar surface area (TPSA) is 74.7 Å². The number of aliphatic carboxylic acids is 1. The number of carboxylic acid groups (broad SMARTS) is 1. The SMILES string of the molecule is O=C(O)C1CC2CCC1N2S(=O)(=O)c1cccc(F)c1. The van der Waals surface area contributed by atoms with Crippen LogP contribution in [0, 0.1) is 11.7 Å². The third kappa shape index (κ3) is 1.92. The first-order valence-electron chi connectivity index (χ1n) is 6.43. The van der Waals surface area contributed by atoms with Crippen LogP contribution in [0.4, 0.5) is 4.39 Å². The zero-order valence-electron chi connectivity index (χ0n) is 10.6.